The van der Waals surface area contributed by atoms with Crippen LogP contribution in [0.5, 0.6) is 0 Å². The van der Waals surface area contributed by atoms with E-state index in [2.05, 4.69) is 79.7 Å². The van der Waals surface area contributed by atoms with Crippen LogP contribution in [0.4, 0.5) is 4.39 Å². The van der Waals surface area contributed by atoms with E-state index >= 15 is 0 Å². The summed E-state index contributed by atoms with van der Waals surface area (Å²) in [6, 6.07) is 27.2. The summed E-state index contributed by atoms with van der Waals surface area (Å²) < 4.78 is 12.2. The van der Waals surface area contributed by atoms with Gasteiger partial charge in [-0.2, -0.15) is 0 Å². The van der Waals surface area contributed by atoms with Crippen molar-refractivity contribution in [1.82, 2.24) is 0 Å². The molecule has 1 aliphatic carbocycles. The van der Waals surface area contributed by atoms with E-state index in [1.165, 1.54) is 84.7 Å². The molecule has 35 heavy (non-hydrogen) atoms. The normalized spacial score (nSPS) is 18.0. The Morgan fingerprint density at radius 2 is 1.14 bits per heavy atom. The van der Waals surface area contributed by atoms with Crippen molar-refractivity contribution in [3.05, 3.63) is 83.9 Å². The first-order chi connectivity index (χ1) is 17.3. The Hall–Kier alpha value is -2.41. The van der Waals surface area contributed by atoms with Crippen LogP contribution < -0.4 is 0 Å². The molecular formula is C34H43F. The minimum absolute atomic E-state index is 0.195. The molecule has 0 heterocycles. The fourth-order valence-electron chi connectivity index (χ4n) is 5.73. The monoisotopic (exact) mass is 470 g/mol. The van der Waals surface area contributed by atoms with Gasteiger partial charge in [-0.25, -0.2) is 0 Å². The second-order valence-corrected chi connectivity index (χ2v) is 10.6. The lowest BCUT2D eigenvalue weighted by Crippen LogP contribution is -2.13. The zero-order chi connectivity index (χ0) is 24.3. The smallest absolute Gasteiger partial charge is 0.0894 e. The van der Waals surface area contributed by atoms with Crippen LogP contribution in [0, 0.1) is 5.92 Å². The molecule has 4 rings (SSSR count). The predicted octanol–water partition coefficient (Wildman–Crippen LogP) is 10.6. The third kappa shape index (κ3) is 7.53. The molecule has 0 spiro atoms. The van der Waals surface area contributed by atoms with E-state index in [-0.39, 0.29) is 6.67 Å². The molecule has 0 N–H and O–H groups in total. The lowest BCUT2D eigenvalue weighted by molar-refractivity contribution is 0.303. The summed E-state index contributed by atoms with van der Waals surface area (Å²) in [5.41, 5.74) is 7.97. The van der Waals surface area contributed by atoms with E-state index in [9.17, 15) is 4.39 Å². The summed E-state index contributed by atoms with van der Waals surface area (Å²) in [6.45, 7) is 2.11. The molecule has 0 bridgehead atoms. The first kappa shape index (κ1) is 25.7. The minimum atomic E-state index is -0.195. The molecule has 1 heteroatoms. The average Bonchev–Trinajstić information content (AvgIpc) is 2.92. The molecule has 0 amide bonds. The van der Waals surface area contributed by atoms with Gasteiger partial charge in [0.1, 0.15) is 0 Å². The first-order valence-electron chi connectivity index (χ1n) is 14.1. The number of alkyl halides is 1. The van der Waals surface area contributed by atoms with Crippen molar-refractivity contribution in [2.75, 3.05) is 6.67 Å². The van der Waals surface area contributed by atoms with Crippen molar-refractivity contribution in [1.29, 1.82) is 0 Å². The predicted molar refractivity (Wildman–Crippen MR) is 150 cm³/mol. The Balaban J connectivity index is 1.30. The second kappa shape index (κ2) is 13.6. The maximum absolute atomic E-state index is 12.2. The molecule has 1 fully saturated rings. The van der Waals surface area contributed by atoms with Crippen LogP contribution in [0.2, 0.25) is 0 Å². The molecule has 1 saturated carbocycles. The number of benzene rings is 3. The minimum Gasteiger partial charge on any atom is -0.251 e. The highest BCUT2D eigenvalue weighted by atomic mass is 19.1. The zero-order valence-electron chi connectivity index (χ0n) is 21.7. The quantitative estimate of drug-likeness (QED) is 0.231. The molecule has 186 valence electrons. The largest absolute Gasteiger partial charge is 0.251 e. The van der Waals surface area contributed by atoms with Gasteiger partial charge in [-0.1, -0.05) is 112 Å². The molecule has 3 aromatic rings. The highest BCUT2D eigenvalue weighted by Gasteiger charge is 2.22. The molecule has 3 aromatic carbocycles. The molecule has 0 aromatic heterocycles. The summed E-state index contributed by atoms with van der Waals surface area (Å²) in [4.78, 5) is 0. The molecule has 0 radical (unpaired) electrons. The van der Waals surface area contributed by atoms with Gasteiger partial charge in [0.05, 0.1) is 6.67 Å². The van der Waals surface area contributed by atoms with Crippen molar-refractivity contribution in [2.24, 2.45) is 5.92 Å². The van der Waals surface area contributed by atoms with Gasteiger partial charge in [-0.3, -0.25) is 4.39 Å². The number of hydrogen-bond acceptors (Lipinski definition) is 0. The SMILES string of the molecule is CCCCCC1CCC(c2ccc(-c3ccc(-c4ccc(CCCCCF)cc4)cc3)cc2)CC1. The molecule has 0 unspecified atom stereocenters. The Bertz CT molecular complexity index is 976. The number of unbranched alkanes of at least 4 members (excludes halogenated alkanes) is 4. The van der Waals surface area contributed by atoms with Crippen LogP contribution in [0.25, 0.3) is 22.3 Å². The molecule has 0 aliphatic heterocycles. The Kier molecular flexibility index (Phi) is 9.99. The fourth-order valence-corrected chi connectivity index (χ4v) is 5.73. The molecular weight excluding hydrogens is 427 g/mol. The zero-order valence-corrected chi connectivity index (χ0v) is 21.7. The van der Waals surface area contributed by atoms with Crippen molar-refractivity contribution in [3.63, 3.8) is 0 Å². The van der Waals surface area contributed by atoms with Gasteiger partial charge in [-0.05, 0) is 90.2 Å². The van der Waals surface area contributed by atoms with Crippen molar-refractivity contribution < 1.29 is 4.39 Å². The van der Waals surface area contributed by atoms with E-state index in [0.29, 0.717) is 6.42 Å². The lowest BCUT2D eigenvalue weighted by Gasteiger charge is -2.29. The maximum Gasteiger partial charge on any atom is 0.0894 e. The Morgan fingerprint density at radius 1 is 0.600 bits per heavy atom. The van der Waals surface area contributed by atoms with E-state index in [0.717, 1.165) is 31.1 Å². The van der Waals surface area contributed by atoms with Gasteiger partial charge in [0.15, 0.2) is 0 Å². The van der Waals surface area contributed by atoms with Crippen molar-refractivity contribution >= 4 is 0 Å². The van der Waals surface area contributed by atoms with Gasteiger partial charge in [-0.15, -0.1) is 0 Å². The van der Waals surface area contributed by atoms with E-state index in [4.69, 9.17) is 0 Å². The van der Waals surface area contributed by atoms with Crippen LogP contribution in [-0.4, -0.2) is 6.67 Å². The number of hydrogen-bond donors (Lipinski definition) is 0. The Labute approximate surface area is 213 Å². The topological polar surface area (TPSA) is 0 Å². The fraction of sp³-hybridized carbons (Fsp3) is 0.471. The summed E-state index contributed by atoms with van der Waals surface area (Å²) in [5, 5.41) is 0. The first-order valence-corrected chi connectivity index (χ1v) is 14.1. The molecule has 1 aliphatic rings. The summed E-state index contributed by atoms with van der Waals surface area (Å²) >= 11 is 0. The second-order valence-electron chi connectivity index (χ2n) is 10.6. The van der Waals surface area contributed by atoms with E-state index < -0.39 is 0 Å². The highest BCUT2D eigenvalue weighted by molar-refractivity contribution is 5.70. The van der Waals surface area contributed by atoms with Crippen LogP contribution >= 0.6 is 0 Å². The third-order valence-electron chi connectivity index (χ3n) is 8.05. The molecule has 0 saturated heterocycles. The van der Waals surface area contributed by atoms with Crippen LogP contribution in [0.1, 0.15) is 94.6 Å². The highest BCUT2D eigenvalue weighted by Crippen LogP contribution is 2.38. The summed E-state index contributed by atoms with van der Waals surface area (Å²) in [6.07, 6.45) is 14.9. The van der Waals surface area contributed by atoms with Crippen LogP contribution in [0.15, 0.2) is 72.8 Å². The van der Waals surface area contributed by atoms with Crippen LogP contribution in [-0.2, 0) is 6.42 Å². The van der Waals surface area contributed by atoms with Gasteiger partial charge >= 0.3 is 0 Å². The van der Waals surface area contributed by atoms with Gasteiger partial charge in [0, 0.05) is 0 Å². The van der Waals surface area contributed by atoms with Gasteiger partial charge < -0.3 is 0 Å². The maximum atomic E-state index is 12.2. The number of aryl methyl sites for hydroxylation is 1. The standard InChI is InChI=1S/C34H43F/c1-2-3-5-8-27-10-14-29(15-11-27)31-18-22-33(23-19-31)34-24-20-32(21-25-34)30-16-12-28(13-17-30)9-6-4-7-26-35/h12-13,16-25,27,29H,2-11,14-15,26H2,1H3. The third-order valence-corrected chi connectivity index (χ3v) is 8.05. The van der Waals surface area contributed by atoms with Gasteiger partial charge in [0.25, 0.3) is 0 Å². The number of rotatable bonds is 12. The van der Waals surface area contributed by atoms with Gasteiger partial charge in [0.2, 0.25) is 0 Å². The molecule has 0 nitrogen and oxygen atoms in total. The summed E-state index contributed by atoms with van der Waals surface area (Å²) in [5.74, 6) is 1.72. The average molecular weight is 471 g/mol. The van der Waals surface area contributed by atoms with E-state index in [1.54, 1.807) is 0 Å². The lowest BCUT2D eigenvalue weighted by atomic mass is 9.77. The van der Waals surface area contributed by atoms with Crippen molar-refractivity contribution in [2.45, 2.75) is 89.9 Å². The van der Waals surface area contributed by atoms with Crippen molar-refractivity contribution in [3.8, 4) is 22.3 Å². The summed E-state index contributed by atoms with van der Waals surface area (Å²) in [7, 11) is 0. The Morgan fingerprint density at radius 3 is 1.69 bits per heavy atom. The van der Waals surface area contributed by atoms with Crippen LogP contribution in [0.3, 0.4) is 0 Å². The molecule has 0 atom stereocenters. The van der Waals surface area contributed by atoms with E-state index in [1.807, 2.05) is 0 Å². The number of halogens is 1.